The average Bonchev–Trinajstić information content (AvgIpc) is 3.02. The van der Waals surface area contributed by atoms with Crippen molar-refractivity contribution < 1.29 is 17.9 Å². The molecule has 0 radical (unpaired) electrons. The summed E-state index contributed by atoms with van der Waals surface area (Å²) >= 11 is 1.48. The van der Waals surface area contributed by atoms with Crippen molar-refractivity contribution in [3.05, 3.63) is 29.3 Å². The fourth-order valence-corrected chi connectivity index (χ4v) is 3.67. The Morgan fingerprint density at radius 1 is 1.22 bits per heavy atom. The van der Waals surface area contributed by atoms with E-state index in [1.54, 1.807) is 13.1 Å². The Kier molecular flexibility index (Phi) is 5.80. The Bertz CT molecular complexity index is 759. The molecule has 0 aliphatic carbocycles. The Balaban J connectivity index is 2.03. The van der Waals surface area contributed by atoms with Gasteiger partial charge >= 0.3 is 0 Å². The van der Waals surface area contributed by atoms with Gasteiger partial charge in [0.2, 0.25) is 10.0 Å². The molecule has 0 spiro atoms. The van der Waals surface area contributed by atoms with Crippen LogP contribution >= 0.6 is 11.3 Å². The third kappa shape index (κ3) is 4.34. The van der Waals surface area contributed by atoms with E-state index in [2.05, 4.69) is 15.0 Å². The zero-order chi connectivity index (χ0) is 16.9. The third-order valence-electron chi connectivity index (χ3n) is 3.10. The van der Waals surface area contributed by atoms with E-state index in [1.807, 2.05) is 5.38 Å². The summed E-state index contributed by atoms with van der Waals surface area (Å²) in [5.74, 6) is 0.849. The predicted octanol–water partition coefficient (Wildman–Crippen LogP) is 1.72. The molecule has 9 heteroatoms. The second-order valence-electron chi connectivity index (χ2n) is 4.56. The van der Waals surface area contributed by atoms with Crippen LogP contribution in [0, 0.1) is 0 Å². The maximum absolute atomic E-state index is 12.3. The molecule has 0 unspecified atom stereocenters. The van der Waals surface area contributed by atoms with Gasteiger partial charge in [0.15, 0.2) is 16.6 Å². The minimum Gasteiger partial charge on any atom is -0.493 e. The van der Waals surface area contributed by atoms with Gasteiger partial charge in [-0.15, -0.1) is 11.3 Å². The molecule has 0 saturated carbocycles. The predicted molar refractivity (Wildman–Crippen MR) is 90.1 cm³/mol. The number of ether oxygens (including phenoxy) is 2. The van der Waals surface area contributed by atoms with Crippen molar-refractivity contribution in [3.63, 3.8) is 0 Å². The summed E-state index contributed by atoms with van der Waals surface area (Å²) in [5.41, 5.74) is 0.842. The van der Waals surface area contributed by atoms with Crippen LogP contribution in [0.5, 0.6) is 11.5 Å². The molecular weight excluding hydrogens is 338 g/mol. The number of aromatic nitrogens is 1. The monoisotopic (exact) mass is 357 g/mol. The molecule has 2 N–H and O–H groups in total. The van der Waals surface area contributed by atoms with Crippen LogP contribution in [0.15, 0.2) is 28.5 Å². The second kappa shape index (κ2) is 7.62. The Morgan fingerprint density at radius 3 is 2.57 bits per heavy atom. The highest BCUT2D eigenvalue weighted by atomic mass is 32.2. The van der Waals surface area contributed by atoms with Gasteiger partial charge in [-0.1, -0.05) is 0 Å². The number of sulfonamides is 1. The smallest absolute Gasteiger partial charge is 0.240 e. The van der Waals surface area contributed by atoms with E-state index < -0.39 is 10.0 Å². The van der Waals surface area contributed by atoms with Crippen molar-refractivity contribution in [2.45, 2.75) is 11.3 Å². The highest BCUT2D eigenvalue weighted by molar-refractivity contribution is 7.89. The molecule has 1 aromatic carbocycles. The molecule has 23 heavy (non-hydrogen) atoms. The molecule has 0 bridgehead atoms. The second-order valence-corrected chi connectivity index (χ2v) is 7.18. The summed E-state index contributed by atoms with van der Waals surface area (Å²) < 4.78 is 37.4. The largest absolute Gasteiger partial charge is 0.493 e. The normalized spacial score (nSPS) is 11.3. The molecule has 0 saturated heterocycles. The lowest BCUT2D eigenvalue weighted by molar-refractivity contribution is 0.354. The number of nitrogens with zero attached hydrogens (tertiary/aromatic N) is 1. The van der Waals surface area contributed by atoms with Crippen LogP contribution in [0.1, 0.15) is 5.69 Å². The number of hydrogen-bond acceptors (Lipinski definition) is 7. The van der Waals surface area contributed by atoms with E-state index in [1.165, 1.54) is 37.7 Å². The number of rotatable bonds is 8. The van der Waals surface area contributed by atoms with Gasteiger partial charge in [-0.25, -0.2) is 18.1 Å². The molecule has 0 fully saturated rings. The van der Waals surface area contributed by atoms with Gasteiger partial charge in [0.05, 0.1) is 24.8 Å². The summed E-state index contributed by atoms with van der Waals surface area (Å²) in [6.07, 6.45) is 0.519. The van der Waals surface area contributed by atoms with Crippen LogP contribution in [-0.4, -0.2) is 41.2 Å². The lowest BCUT2D eigenvalue weighted by Gasteiger charge is -2.10. The zero-order valence-electron chi connectivity index (χ0n) is 13.1. The van der Waals surface area contributed by atoms with Crippen LogP contribution < -0.4 is 19.5 Å². The number of benzene rings is 1. The van der Waals surface area contributed by atoms with Crippen molar-refractivity contribution >= 4 is 26.5 Å². The molecule has 1 heterocycles. The number of hydrogen-bond donors (Lipinski definition) is 2. The van der Waals surface area contributed by atoms with Crippen molar-refractivity contribution in [1.29, 1.82) is 0 Å². The van der Waals surface area contributed by atoms with Crippen molar-refractivity contribution in [3.8, 4) is 11.5 Å². The van der Waals surface area contributed by atoms with E-state index in [9.17, 15) is 8.42 Å². The molecule has 1 aromatic heterocycles. The zero-order valence-corrected chi connectivity index (χ0v) is 14.8. The quantitative estimate of drug-likeness (QED) is 0.748. The first-order valence-electron chi connectivity index (χ1n) is 6.84. The van der Waals surface area contributed by atoms with Gasteiger partial charge in [-0.2, -0.15) is 0 Å². The first kappa shape index (κ1) is 17.5. The molecular formula is C14H19N3O4S2. The number of methoxy groups -OCH3 is 2. The molecule has 0 amide bonds. The first-order chi connectivity index (χ1) is 11.0. The minimum absolute atomic E-state index is 0.129. The summed E-state index contributed by atoms with van der Waals surface area (Å²) in [6, 6.07) is 4.47. The van der Waals surface area contributed by atoms with Gasteiger partial charge in [0.1, 0.15) is 0 Å². The third-order valence-corrected chi connectivity index (χ3v) is 5.47. The Hall–Kier alpha value is -1.84. The molecule has 0 aliphatic heterocycles. The SMILES string of the molecule is CNc1nc(CCNS(=O)(=O)c2ccc(OC)c(OC)c2)cs1. The number of thiazole rings is 1. The Labute approximate surface area is 139 Å². The van der Waals surface area contributed by atoms with Crippen molar-refractivity contribution in [2.24, 2.45) is 0 Å². The fraction of sp³-hybridized carbons (Fsp3) is 0.357. The van der Waals surface area contributed by atoms with Gasteiger partial charge in [-0.3, -0.25) is 0 Å². The summed E-state index contributed by atoms with van der Waals surface area (Å²) in [4.78, 5) is 4.44. The highest BCUT2D eigenvalue weighted by Crippen LogP contribution is 2.29. The highest BCUT2D eigenvalue weighted by Gasteiger charge is 2.16. The van der Waals surface area contributed by atoms with Crippen LogP contribution in [0.3, 0.4) is 0 Å². The maximum atomic E-state index is 12.3. The van der Waals surface area contributed by atoms with Gasteiger partial charge in [0.25, 0.3) is 0 Å². The van der Waals surface area contributed by atoms with E-state index >= 15 is 0 Å². The summed E-state index contributed by atoms with van der Waals surface area (Å²) in [7, 11) is 1.14. The topological polar surface area (TPSA) is 89.6 Å². The molecule has 126 valence electrons. The lowest BCUT2D eigenvalue weighted by Crippen LogP contribution is -2.26. The minimum atomic E-state index is -3.61. The first-order valence-corrected chi connectivity index (χ1v) is 9.20. The molecule has 2 rings (SSSR count). The van der Waals surface area contributed by atoms with Crippen LogP contribution in [0.4, 0.5) is 5.13 Å². The van der Waals surface area contributed by atoms with E-state index in [-0.39, 0.29) is 11.4 Å². The van der Waals surface area contributed by atoms with Crippen molar-refractivity contribution in [2.75, 3.05) is 33.1 Å². The van der Waals surface area contributed by atoms with Crippen LogP contribution in [-0.2, 0) is 16.4 Å². The summed E-state index contributed by atoms with van der Waals surface area (Å²) in [6.45, 7) is 0.267. The van der Waals surface area contributed by atoms with E-state index in [0.717, 1.165) is 10.8 Å². The van der Waals surface area contributed by atoms with E-state index in [0.29, 0.717) is 17.9 Å². The maximum Gasteiger partial charge on any atom is 0.240 e. The average molecular weight is 357 g/mol. The number of nitrogens with one attached hydrogen (secondary N) is 2. The van der Waals surface area contributed by atoms with Gasteiger partial charge < -0.3 is 14.8 Å². The van der Waals surface area contributed by atoms with Crippen LogP contribution in [0.25, 0.3) is 0 Å². The van der Waals surface area contributed by atoms with Gasteiger partial charge in [-0.05, 0) is 12.1 Å². The molecule has 0 atom stereocenters. The standard InChI is InChI=1S/C14H19N3O4S2/c1-15-14-17-10(9-22-14)6-7-16-23(18,19)11-4-5-12(20-2)13(8-11)21-3/h4-5,8-9,16H,6-7H2,1-3H3,(H,15,17). The van der Waals surface area contributed by atoms with Crippen molar-refractivity contribution in [1.82, 2.24) is 9.71 Å². The Morgan fingerprint density at radius 2 is 1.96 bits per heavy atom. The molecule has 2 aromatic rings. The molecule has 7 nitrogen and oxygen atoms in total. The van der Waals surface area contributed by atoms with Crippen LogP contribution in [0.2, 0.25) is 0 Å². The lowest BCUT2D eigenvalue weighted by atomic mass is 10.3. The molecule has 0 aliphatic rings. The van der Waals surface area contributed by atoms with E-state index in [4.69, 9.17) is 9.47 Å². The number of anilines is 1. The fourth-order valence-electron chi connectivity index (χ4n) is 1.92. The summed E-state index contributed by atoms with van der Waals surface area (Å²) in [5, 5.41) is 5.65. The van der Waals surface area contributed by atoms with Gasteiger partial charge in [0, 0.05) is 31.5 Å².